The Morgan fingerprint density at radius 3 is 2.56 bits per heavy atom. The summed E-state index contributed by atoms with van der Waals surface area (Å²) in [6.45, 7) is 5.43. The van der Waals surface area contributed by atoms with Crippen molar-refractivity contribution in [3.8, 4) is 6.07 Å². The zero-order chi connectivity index (χ0) is 13.2. The van der Waals surface area contributed by atoms with E-state index in [9.17, 15) is 0 Å². The summed E-state index contributed by atoms with van der Waals surface area (Å²) in [4.78, 5) is 0. The van der Waals surface area contributed by atoms with Crippen LogP contribution in [0.2, 0.25) is 0 Å². The van der Waals surface area contributed by atoms with E-state index < -0.39 is 0 Å². The maximum Gasteiger partial charge on any atom is 0.0976 e. The molecule has 1 rings (SSSR count). The van der Waals surface area contributed by atoms with Gasteiger partial charge < -0.3 is 4.74 Å². The molecule has 0 spiro atoms. The van der Waals surface area contributed by atoms with E-state index in [0.717, 1.165) is 12.8 Å². The smallest absolute Gasteiger partial charge is 0.0976 e. The maximum absolute atomic E-state index is 8.94. The van der Waals surface area contributed by atoms with Gasteiger partial charge in [-0.15, -0.1) is 0 Å². The summed E-state index contributed by atoms with van der Waals surface area (Å²) >= 11 is 0. The van der Waals surface area contributed by atoms with Crippen molar-refractivity contribution in [1.82, 2.24) is 5.32 Å². The first-order valence-corrected chi connectivity index (χ1v) is 6.49. The molecule has 18 heavy (non-hydrogen) atoms. The van der Waals surface area contributed by atoms with Gasteiger partial charge in [0.1, 0.15) is 0 Å². The molecule has 0 aliphatic rings. The van der Waals surface area contributed by atoms with E-state index >= 15 is 0 Å². The molecule has 0 radical (unpaired) electrons. The fourth-order valence-electron chi connectivity index (χ4n) is 1.73. The SMILES string of the molecule is CC(C)NC(C#N)CCOCCc1ccccc1. The van der Waals surface area contributed by atoms with Crippen LogP contribution in [-0.2, 0) is 11.2 Å². The molecule has 1 aromatic carbocycles. The number of nitrogens with zero attached hydrogens (tertiary/aromatic N) is 1. The van der Waals surface area contributed by atoms with Crippen molar-refractivity contribution in [3.05, 3.63) is 35.9 Å². The van der Waals surface area contributed by atoms with Gasteiger partial charge in [-0.25, -0.2) is 0 Å². The Hall–Kier alpha value is -1.37. The van der Waals surface area contributed by atoms with Crippen molar-refractivity contribution >= 4 is 0 Å². The van der Waals surface area contributed by atoms with Crippen molar-refractivity contribution in [2.75, 3.05) is 13.2 Å². The summed E-state index contributed by atoms with van der Waals surface area (Å²) in [5, 5.41) is 12.1. The van der Waals surface area contributed by atoms with Gasteiger partial charge in [0.25, 0.3) is 0 Å². The largest absolute Gasteiger partial charge is 0.381 e. The molecule has 3 nitrogen and oxygen atoms in total. The monoisotopic (exact) mass is 246 g/mol. The van der Waals surface area contributed by atoms with Crippen LogP contribution in [0.15, 0.2) is 30.3 Å². The molecule has 0 heterocycles. The first kappa shape index (κ1) is 14.7. The average molecular weight is 246 g/mol. The second-order valence-corrected chi connectivity index (χ2v) is 4.64. The lowest BCUT2D eigenvalue weighted by Gasteiger charge is -2.14. The molecule has 0 aliphatic heterocycles. The Labute approximate surface area is 110 Å². The molecule has 0 bridgehead atoms. The fourth-order valence-corrected chi connectivity index (χ4v) is 1.73. The van der Waals surface area contributed by atoms with E-state index in [2.05, 4.69) is 23.5 Å². The molecule has 3 heteroatoms. The van der Waals surface area contributed by atoms with Crippen LogP contribution >= 0.6 is 0 Å². The molecule has 1 atom stereocenters. The van der Waals surface area contributed by atoms with E-state index in [-0.39, 0.29) is 6.04 Å². The molecule has 0 aliphatic carbocycles. The van der Waals surface area contributed by atoms with Gasteiger partial charge in [0.2, 0.25) is 0 Å². The van der Waals surface area contributed by atoms with Gasteiger partial charge in [-0.2, -0.15) is 5.26 Å². The van der Waals surface area contributed by atoms with Crippen LogP contribution in [-0.4, -0.2) is 25.3 Å². The molecule has 1 N–H and O–H groups in total. The maximum atomic E-state index is 8.94. The number of nitrogens with one attached hydrogen (secondary N) is 1. The second-order valence-electron chi connectivity index (χ2n) is 4.64. The second kappa shape index (κ2) is 8.68. The van der Waals surface area contributed by atoms with Crippen molar-refractivity contribution in [3.63, 3.8) is 0 Å². The molecule has 0 fully saturated rings. The lowest BCUT2D eigenvalue weighted by Crippen LogP contribution is -2.34. The zero-order valence-corrected chi connectivity index (χ0v) is 11.2. The third-order valence-electron chi connectivity index (χ3n) is 2.62. The van der Waals surface area contributed by atoms with E-state index in [4.69, 9.17) is 10.00 Å². The molecule has 1 aromatic rings. The van der Waals surface area contributed by atoms with Crippen LogP contribution in [0.3, 0.4) is 0 Å². The normalized spacial score (nSPS) is 12.3. The number of nitriles is 1. The van der Waals surface area contributed by atoms with Gasteiger partial charge in [0.05, 0.1) is 18.7 Å². The average Bonchev–Trinajstić information content (AvgIpc) is 2.37. The van der Waals surface area contributed by atoms with Crippen molar-refractivity contribution in [2.45, 2.75) is 38.8 Å². The summed E-state index contributed by atoms with van der Waals surface area (Å²) < 4.78 is 5.56. The molecule has 0 aromatic heterocycles. The lowest BCUT2D eigenvalue weighted by molar-refractivity contribution is 0.130. The zero-order valence-electron chi connectivity index (χ0n) is 11.2. The third kappa shape index (κ3) is 6.39. The van der Waals surface area contributed by atoms with Gasteiger partial charge >= 0.3 is 0 Å². The highest BCUT2D eigenvalue weighted by molar-refractivity contribution is 5.14. The minimum absolute atomic E-state index is 0.110. The predicted molar refractivity (Wildman–Crippen MR) is 73.3 cm³/mol. The summed E-state index contributed by atoms with van der Waals surface area (Å²) in [7, 11) is 0. The standard InChI is InChI=1S/C15H22N2O/c1-13(2)17-15(12-16)9-11-18-10-8-14-6-4-3-5-7-14/h3-7,13,15,17H,8-11H2,1-2H3. The van der Waals surface area contributed by atoms with Gasteiger partial charge in [-0.1, -0.05) is 30.3 Å². The Morgan fingerprint density at radius 1 is 1.22 bits per heavy atom. The first-order valence-electron chi connectivity index (χ1n) is 6.49. The van der Waals surface area contributed by atoms with Crippen LogP contribution in [0.1, 0.15) is 25.8 Å². The number of ether oxygens (including phenoxy) is 1. The topological polar surface area (TPSA) is 45.0 Å². The molecule has 0 amide bonds. The summed E-state index contributed by atoms with van der Waals surface area (Å²) in [6, 6.07) is 12.8. The minimum atomic E-state index is -0.110. The van der Waals surface area contributed by atoms with Crippen LogP contribution in [0, 0.1) is 11.3 Å². The summed E-state index contributed by atoms with van der Waals surface area (Å²) in [6.07, 6.45) is 1.67. The Morgan fingerprint density at radius 2 is 1.94 bits per heavy atom. The highest BCUT2D eigenvalue weighted by Gasteiger charge is 2.07. The summed E-state index contributed by atoms with van der Waals surface area (Å²) in [5.74, 6) is 0. The Bertz CT molecular complexity index is 357. The highest BCUT2D eigenvalue weighted by Crippen LogP contribution is 2.00. The number of rotatable bonds is 8. The quantitative estimate of drug-likeness (QED) is 0.717. The molecular weight excluding hydrogens is 224 g/mol. The van der Waals surface area contributed by atoms with Crippen LogP contribution < -0.4 is 5.32 Å². The molecular formula is C15H22N2O. The fraction of sp³-hybridized carbons (Fsp3) is 0.533. The third-order valence-corrected chi connectivity index (χ3v) is 2.62. The van der Waals surface area contributed by atoms with E-state index in [1.807, 2.05) is 32.0 Å². The first-order chi connectivity index (χ1) is 8.72. The van der Waals surface area contributed by atoms with Crippen LogP contribution in [0.5, 0.6) is 0 Å². The molecule has 98 valence electrons. The van der Waals surface area contributed by atoms with Gasteiger partial charge in [0, 0.05) is 12.6 Å². The van der Waals surface area contributed by atoms with Gasteiger partial charge in [0.15, 0.2) is 0 Å². The van der Waals surface area contributed by atoms with E-state index in [1.165, 1.54) is 5.56 Å². The van der Waals surface area contributed by atoms with Gasteiger partial charge in [-0.05, 0) is 32.3 Å². The summed E-state index contributed by atoms with van der Waals surface area (Å²) in [5.41, 5.74) is 1.29. The van der Waals surface area contributed by atoms with Crippen molar-refractivity contribution in [2.24, 2.45) is 0 Å². The van der Waals surface area contributed by atoms with Crippen molar-refractivity contribution in [1.29, 1.82) is 5.26 Å². The van der Waals surface area contributed by atoms with Crippen molar-refractivity contribution < 1.29 is 4.74 Å². The van der Waals surface area contributed by atoms with E-state index in [1.54, 1.807) is 0 Å². The predicted octanol–water partition coefficient (Wildman–Crippen LogP) is 2.53. The molecule has 0 saturated heterocycles. The minimum Gasteiger partial charge on any atom is -0.381 e. The number of hydrogen-bond acceptors (Lipinski definition) is 3. The lowest BCUT2D eigenvalue weighted by atomic mass is 10.2. The Kier molecular flexibility index (Phi) is 7.09. The number of benzene rings is 1. The van der Waals surface area contributed by atoms with Crippen LogP contribution in [0.25, 0.3) is 0 Å². The number of hydrogen-bond donors (Lipinski definition) is 1. The molecule has 1 unspecified atom stereocenters. The van der Waals surface area contributed by atoms with Crippen LogP contribution in [0.4, 0.5) is 0 Å². The van der Waals surface area contributed by atoms with E-state index in [0.29, 0.717) is 19.3 Å². The highest BCUT2D eigenvalue weighted by atomic mass is 16.5. The Balaban J connectivity index is 2.10. The molecule has 0 saturated carbocycles. The van der Waals surface area contributed by atoms with Gasteiger partial charge in [-0.3, -0.25) is 5.32 Å².